The maximum atomic E-state index is 12.2. The molecule has 0 fully saturated rings. The number of hydrogen-bond donors (Lipinski definition) is 2. The number of hydrogen-bond acceptors (Lipinski definition) is 4. The van der Waals surface area contributed by atoms with Gasteiger partial charge in [0.05, 0.1) is 0 Å². The van der Waals surface area contributed by atoms with Crippen LogP contribution in [0.5, 0.6) is 5.75 Å². The van der Waals surface area contributed by atoms with E-state index in [2.05, 4.69) is 9.72 Å². The molecule has 0 saturated carbocycles. The van der Waals surface area contributed by atoms with E-state index < -0.39 is 18.2 Å². The van der Waals surface area contributed by atoms with E-state index in [9.17, 15) is 18.3 Å². The van der Waals surface area contributed by atoms with Gasteiger partial charge in [-0.05, 0) is 36.2 Å². The summed E-state index contributed by atoms with van der Waals surface area (Å²) in [5.41, 5.74) is 7.01. The van der Waals surface area contributed by atoms with Crippen LogP contribution in [0.25, 0.3) is 0 Å². The number of aliphatic hydroxyl groups is 1. The molecule has 112 valence electrons. The van der Waals surface area contributed by atoms with Crippen LogP contribution in [0.2, 0.25) is 0 Å². The number of anilines is 1. The first-order valence-corrected chi connectivity index (χ1v) is 6.02. The van der Waals surface area contributed by atoms with E-state index in [4.69, 9.17) is 5.73 Å². The van der Waals surface area contributed by atoms with Gasteiger partial charge in [-0.3, -0.25) is 0 Å². The van der Waals surface area contributed by atoms with Crippen LogP contribution in [-0.2, 0) is 0 Å². The minimum Gasteiger partial charge on any atom is -0.406 e. The highest BCUT2D eigenvalue weighted by Gasteiger charge is 2.31. The monoisotopic (exact) mass is 298 g/mol. The van der Waals surface area contributed by atoms with E-state index in [1.807, 2.05) is 0 Å². The highest BCUT2D eigenvalue weighted by Crippen LogP contribution is 2.31. The lowest BCUT2D eigenvalue weighted by atomic mass is 9.98. The van der Waals surface area contributed by atoms with Crippen molar-refractivity contribution in [1.29, 1.82) is 0 Å². The minimum absolute atomic E-state index is 0.129. The summed E-state index contributed by atoms with van der Waals surface area (Å²) in [7, 11) is 0. The Balaban J connectivity index is 2.36. The molecule has 2 rings (SSSR count). The zero-order valence-electron chi connectivity index (χ0n) is 11.1. The number of aliphatic hydroxyl groups excluding tert-OH is 1. The smallest absolute Gasteiger partial charge is 0.406 e. The summed E-state index contributed by atoms with van der Waals surface area (Å²) < 4.78 is 40.5. The third kappa shape index (κ3) is 3.63. The molecule has 0 aliphatic heterocycles. The number of halogens is 3. The number of rotatable bonds is 3. The number of alkyl halides is 3. The first kappa shape index (κ1) is 15.1. The van der Waals surface area contributed by atoms with Gasteiger partial charge in [0.25, 0.3) is 0 Å². The fourth-order valence-corrected chi connectivity index (χ4v) is 1.99. The number of pyridine rings is 1. The summed E-state index contributed by atoms with van der Waals surface area (Å²) in [5.74, 6) is -0.274. The Morgan fingerprint density at radius 1 is 1.29 bits per heavy atom. The number of nitrogens with two attached hydrogens (primary N) is 1. The Labute approximate surface area is 119 Å². The van der Waals surface area contributed by atoms with E-state index in [-0.39, 0.29) is 11.4 Å². The Morgan fingerprint density at radius 3 is 2.62 bits per heavy atom. The SMILES string of the molecule is Cc1ccnc(N)c1C(O)c1cccc(OC(F)(F)F)c1. The van der Waals surface area contributed by atoms with Crippen LogP contribution < -0.4 is 10.5 Å². The maximum absolute atomic E-state index is 12.2. The van der Waals surface area contributed by atoms with E-state index in [0.717, 1.165) is 12.1 Å². The third-order valence-corrected chi connectivity index (χ3v) is 2.92. The Morgan fingerprint density at radius 2 is 2.00 bits per heavy atom. The summed E-state index contributed by atoms with van der Waals surface area (Å²) in [4.78, 5) is 3.87. The van der Waals surface area contributed by atoms with Gasteiger partial charge in [0.2, 0.25) is 0 Å². The average molecular weight is 298 g/mol. The quantitative estimate of drug-likeness (QED) is 0.914. The van der Waals surface area contributed by atoms with Crippen LogP contribution in [0.1, 0.15) is 22.8 Å². The molecule has 0 spiro atoms. The molecular formula is C14H13F3N2O2. The van der Waals surface area contributed by atoms with Crippen molar-refractivity contribution in [2.45, 2.75) is 19.4 Å². The van der Waals surface area contributed by atoms with Crippen LogP contribution in [0, 0.1) is 6.92 Å². The molecular weight excluding hydrogens is 285 g/mol. The molecule has 7 heteroatoms. The van der Waals surface area contributed by atoms with Crippen LogP contribution in [0.4, 0.5) is 19.0 Å². The highest BCUT2D eigenvalue weighted by molar-refractivity contribution is 5.49. The summed E-state index contributed by atoms with van der Waals surface area (Å²) in [6, 6.07) is 6.78. The van der Waals surface area contributed by atoms with Crippen LogP contribution in [0.3, 0.4) is 0 Å². The average Bonchev–Trinajstić information content (AvgIpc) is 2.36. The first-order chi connectivity index (χ1) is 9.78. The van der Waals surface area contributed by atoms with Gasteiger partial charge in [0.15, 0.2) is 0 Å². The lowest BCUT2D eigenvalue weighted by Crippen LogP contribution is -2.17. The second-order valence-corrected chi connectivity index (χ2v) is 4.45. The molecule has 1 aromatic carbocycles. The fourth-order valence-electron chi connectivity index (χ4n) is 1.99. The van der Waals surface area contributed by atoms with E-state index in [1.165, 1.54) is 18.3 Å². The molecule has 0 saturated heterocycles. The predicted octanol–water partition coefficient (Wildman–Crippen LogP) is 2.95. The van der Waals surface area contributed by atoms with Crippen LogP contribution in [0.15, 0.2) is 36.5 Å². The highest BCUT2D eigenvalue weighted by atomic mass is 19.4. The molecule has 3 N–H and O–H groups in total. The second kappa shape index (κ2) is 5.61. The molecule has 0 amide bonds. The van der Waals surface area contributed by atoms with E-state index >= 15 is 0 Å². The topological polar surface area (TPSA) is 68.4 Å². The molecule has 0 radical (unpaired) electrons. The van der Waals surface area contributed by atoms with Crippen molar-refractivity contribution in [3.63, 3.8) is 0 Å². The molecule has 2 aromatic rings. The zero-order chi connectivity index (χ0) is 15.6. The van der Waals surface area contributed by atoms with E-state index in [1.54, 1.807) is 13.0 Å². The van der Waals surface area contributed by atoms with Crippen molar-refractivity contribution in [2.75, 3.05) is 5.73 Å². The van der Waals surface area contributed by atoms with Gasteiger partial charge >= 0.3 is 6.36 Å². The third-order valence-electron chi connectivity index (χ3n) is 2.92. The van der Waals surface area contributed by atoms with Crippen molar-refractivity contribution in [2.24, 2.45) is 0 Å². The van der Waals surface area contributed by atoms with Gasteiger partial charge in [0, 0.05) is 11.8 Å². The molecule has 0 aliphatic carbocycles. The summed E-state index contributed by atoms with van der Waals surface area (Å²) in [6.45, 7) is 1.73. The molecule has 0 bridgehead atoms. The van der Waals surface area contributed by atoms with E-state index in [0.29, 0.717) is 11.1 Å². The number of nitrogens with zero attached hydrogens (tertiary/aromatic N) is 1. The molecule has 1 unspecified atom stereocenters. The fraction of sp³-hybridized carbons (Fsp3) is 0.214. The van der Waals surface area contributed by atoms with Crippen LogP contribution in [-0.4, -0.2) is 16.5 Å². The Hall–Kier alpha value is -2.28. The van der Waals surface area contributed by atoms with Gasteiger partial charge in [-0.25, -0.2) is 4.98 Å². The summed E-state index contributed by atoms with van der Waals surface area (Å²) in [6.07, 6.45) is -4.48. The lowest BCUT2D eigenvalue weighted by molar-refractivity contribution is -0.274. The van der Waals surface area contributed by atoms with Gasteiger partial charge in [-0.15, -0.1) is 13.2 Å². The maximum Gasteiger partial charge on any atom is 0.573 e. The van der Waals surface area contributed by atoms with Crippen molar-refractivity contribution >= 4 is 5.82 Å². The number of ether oxygens (including phenoxy) is 1. The predicted molar refractivity (Wildman–Crippen MR) is 70.6 cm³/mol. The molecule has 4 nitrogen and oxygen atoms in total. The van der Waals surface area contributed by atoms with Gasteiger partial charge in [-0.2, -0.15) is 0 Å². The van der Waals surface area contributed by atoms with Gasteiger partial charge < -0.3 is 15.6 Å². The normalized spacial score (nSPS) is 13.0. The largest absolute Gasteiger partial charge is 0.573 e. The Bertz CT molecular complexity index is 624. The molecule has 21 heavy (non-hydrogen) atoms. The number of aromatic nitrogens is 1. The molecule has 1 heterocycles. The van der Waals surface area contributed by atoms with Crippen molar-refractivity contribution < 1.29 is 23.0 Å². The first-order valence-electron chi connectivity index (χ1n) is 6.02. The van der Waals surface area contributed by atoms with Gasteiger partial charge in [0.1, 0.15) is 17.7 Å². The number of benzene rings is 1. The van der Waals surface area contributed by atoms with Crippen molar-refractivity contribution in [3.8, 4) is 5.75 Å². The second-order valence-electron chi connectivity index (χ2n) is 4.45. The minimum atomic E-state index is -4.78. The van der Waals surface area contributed by atoms with Crippen molar-refractivity contribution in [3.05, 3.63) is 53.2 Å². The van der Waals surface area contributed by atoms with Crippen molar-refractivity contribution in [1.82, 2.24) is 4.98 Å². The van der Waals surface area contributed by atoms with Crippen LogP contribution >= 0.6 is 0 Å². The lowest BCUT2D eigenvalue weighted by Gasteiger charge is -2.17. The number of nitrogen functional groups attached to an aromatic ring is 1. The summed E-state index contributed by atoms with van der Waals surface area (Å²) in [5, 5.41) is 10.3. The van der Waals surface area contributed by atoms with Gasteiger partial charge in [-0.1, -0.05) is 12.1 Å². The Kier molecular flexibility index (Phi) is 4.04. The molecule has 1 aromatic heterocycles. The number of aryl methyl sites for hydroxylation is 1. The summed E-state index contributed by atoms with van der Waals surface area (Å²) >= 11 is 0. The molecule has 0 aliphatic rings. The standard InChI is InChI=1S/C14H13F3N2O2/c1-8-5-6-19-13(18)11(8)12(20)9-3-2-4-10(7-9)21-14(15,16)17/h2-7,12,20H,1H3,(H2,18,19). The molecule has 1 atom stereocenters. The zero-order valence-corrected chi connectivity index (χ0v) is 11.1.